The number of alkyl halides is 1. The summed E-state index contributed by atoms with van der Waals surface area (Å²) in [5.74, 6) is 4.58. The first-order valence-electron chi connectivity index (χ1n) is 10.5. The van der Waals surface area contributed by atoms with Crippen molar-refractivity contribution in [1.29, 1.82) is 0 Å². The summed E-state index contributed by atoms with van der Waals surface area (Å²) in [4.78, 5) is 0. The van der Waals surface area contributed by atoms with Crippen LogP contribution in [0.1, 0.15) is 85.5 Å². The topological polar surface area (TPSA) is 0 Å². The Morgan fingerprint density at radius 1 is 0.783 bits per heavy atom. The van der Waals surface area contributed by atoms with Gasteiger partial charge in [-0.2, -0.15) is 0 Å². The molecule has 4 aliphatic rings. The largest absolute Gasteiger partial charge is 0.247 e. The number of fused-ring (bicyclic) bond motifs is 5. The van der Waals surface area contributed by atoms with Crippen molar-refractivity contribution in [1.82, 2.24) is 0 Å². The third-order valence-corrected chi connectivity index (χ3v) is 9.43. The molecule has 0 spiro atoms. The Hall–Kier alpha value is -0.0700. The highest BCUT2D eigenvalue weighted by Gasteiger charge is 2.59. The van der Waals surface area contributed by atoms with Gasteiger partial charge in [0.2, 0.25) is 0 Å². The molecule has 0 amide bonds. The van der Waals surface area contributed by atoms with Gasteiger partial charge in [0.1, 0.15) is 6.17 Å². The zero-order valence-corrected chi connectivity index (χ0v) is 15.8. The van der Waals surface area contributed by atoms with Crippen LogP contribution in [0, 0.1) is 46.3 Å². The standard InChI is InChI=1S/C22H37F/c1-14-9-11-21(3)16(13-14)6-7-17-18-8-5-15(2)20(23)22(18,4)12-10-19(17)21/h14-20H,5-13H2,1-4H3/t14-,15+,16?,17?,18?,19?,20-,21-,22-/m0/s1. The van der Waals surface area contributed by atoms with Crippen LogP contribution in [0.4, 0.5) is 4.39 Å². The monoisotopic (exact) mass is 320 g/mol. The fourth-order valence-electron chi connectivity index (χ4n) is 7.95. The second-order valence-corrected chi connectivity index (χ2v) is 10.5. The summed E-state index contributed by atoms with van der Waals surface area (Å²) in [6.07, 6.45) is 11.5. The lowest BCUT2D eigenvalue weighted by molar-refractivity contribution is -0.157. The van der Waals surface area contributed by atoms with Crippen LogP contribution < -0.4 is 0 Å². The van der Waals surface area contributed by atoms with E-state index < -0.39 is 6.17 Å². The molecule has 4 unspecified atom stereocenters. The molecular weight excluding hydrogens is 283 g/mol. The molecule has 0 bridgehead atoms. The Balaban J connectivity index is 1.62. The van der Waals surface area contributed by atoms with E-state index in [4.69, 9.17) is 0 Å². The molecule has 0 N–H and O–H groups in total. The van der Waals surface area contributed by atoms with Crippen LogP contribution in [-0.4, -0.2) is 6.17 Å². The zero-order chi connectivity index (χ0) is 16.4. The summed E-state index contributed by atoms with van der Waals surface area (Å²) in [5, 5.41) is 0. The molecule has 1 heteroatoms. The number of halogens is 1. The molecule has 0 saturated heterocycles. The minimum atomic E-state index is -0.556. The van der Waals surface area contributed by atoms with Gasteiger partial charge in [-0.25, -0.2) is 4.39 Å². The van der Waals surface area contributed by atoms with E-state index in [-0.39, 0.29) is 11.3 Å². The molecule has 4 fully saturated rings. The van der Waals surface area contributed by atoms with E-state index in [1.54, 1.807) is 0 Å². The Bertz CT molecular complexity index is 459. The van der Waals surface area contributed by atoms with E-state index in [2.05, 4.69) is 27.7 Å². The van der Waals surface area contributed by atoms with Crippen molar-refractivity contribution in [3.8, 4) is 0 Å². The second kappa shape index (κ2) is 5.46. The van der Waals surface area contributed by atoms with Gasteiger partial charge >= 0.3 is 0 Å². The van der Waals surface area contributed by atoms with Crippen molar-refractivity contribution >= 4 is 0 Å². The lowest BCUT2D eigenvalue weighted by atomic mass is 9.42. The SMILES string of the molecule is C[C@H]1CC[C@@]2(C)C(CCC3C2CC[C@@]2(C)C3CC[C@@H](C)[C@@H]2F)C1. The summed E-state index contributed by atoms with van der Waals surface area (Å²) in [6, 6.07) is 0. The molecular formula is C22H37F. The molecule has 4 saturated carbocycles. The highest BCUT2D eigenvalue weighted by molar-refractivity contribution is 5.08. The predicted molar refractivity (Wildman–Crippen MR) is 95.0 cm³/mol. The second-order valence-electron chi connectivity index (χ2n) is 10.5. The van der Waals surface area contributed by atoms with Gasteiger partial charge in [0.05, 0.1) is 0 Å². The van der Waals surface area contributed by atoms with Crippen LogP contribution in [0.2, 0.25) is 0 Å². The van der Waals surface area contributed by atoms with Gasteiger partial charge in [-0.05, 0) is 92.3 Å². The van der Waals surface area contributed by atoms with E-state index in [9.17, 15) is 0 Å². The van der Waals surface area contributed by atoms with Crippen LogP contribution in [0.5, 0.6) is 0 Å². The molecule has 0 radical (unpaired) electrons. The lowest BCUT2D eigenvalue weighted by Gasteiger charge is -2.63. The van der Waals surface area contributed by atoms with Crippen LogP contribution in [-0.2, 0) is 0 Å². The first-order chi connectivity index (χ1) is 10.9. The molecule has 9 atom stereocenters. The summed E-state index contributed by atoms with van der Waals surface area (Å²) in [5.41, 5.74) is 0.565. The molecule has 132 valence electrons. The van der Waals surface area contributed by atoms with Crippen LogP contribution in [0.25, 0.3) is 0 Å². The Morgan fingerprint density at radius 3 is 2.26 bits per heavy atom. The molecule has 4 aliphatic carbocycles. The van der Waals surface area contributed by atoms with Gasteiger partial charge in [0, 0.05) is 5.41 Å². The van der Waals surface area contributed by atoms with E-state index >= 15 is 4.39 Å². The van der Waals surface area contributed by atoms with Crippen LogP contribution >= 0.6 is 0 Å². The van der Waals surface area contributed by atoms with Crippen molar-refractivity contribution in [3.05, 3.63) is 0 Å². The van der Waals surface area contributed by atoms with E-state index in [1.807, 2.05) is 0 Å². The summed E-state index contributed by atoms with van der Waals surface area (Å²) >= 11 is 0. The third-order valence-electron chi connectivity index (χ3n) is 9.43. The number of rotatable bonds is 0. The third kappa shape index (κ3) is 2.27. The van der Waals surface area contributed by atoms with Crippen LogP contribution in [0.3, 0.4) is 0 Å². The average Bonchev–Trinajstić information content (AvgIpc) is 2.52. The van der Waals surface area contributed by atoms with Gasteiger partial charge in [-0.1, -0.05) is 34.1 Å². The van der Waals surface area contributed by atoms with E-state index in [0.717, 1.165) is 36.5 Å². The van der Waals surface area contributed by atoms with Gasteiger partial charge in [-0.3, -0.25) is 0 Å². The van der Waals surface area contributed by atoms with Crippen molar-refractivity contribution in [2.45, 2.75) is 91.7 Å². The highest BCUT2D eigenvalue weighted by Crippen LogP contribution is 2.66. The molecule has 4 rings (SSSR count). The highest BCUT2D eigenvalue weighted by atomic mass is 19.1. The van der Waals surface area contributed by atoms with Crippen molar-refractivity contribution in [2.24, 2.45) is 46.3 Å². The minimum absolute atomic E-state index is 0.00993. The predicted octanol–water partition coefficient (Wildman–Crippen LogP) is 6.64. The van der Waals surface area contributed by atoms with Gasteiger partial charge in [0.15, 0.2) is 0 Å². The van der Waals surface area contributed by atoms with E-state index in [1.165, 1.54) is 44.9 Å². The Morgan fingerprint density at radius 2 is 1.48 bits per heavy atom. The Labute approximate surface area is 143 Å². The zero-order valence-electron chi connectivity index (χ0n) is 15.8. The quantitative estimate of drug-likeness (QED) is 0.469. The summed E-state index contributed by atoms with van der Waals surface area (Å²) in [7, 11) is 0. The van der Waals surface area contributed by atoms with Crippen molar-refractivity contribution < 1.29 is 4.39 Å². The van der Waals surface area contributed by atoms with Crippen LogP contribution in [0.15, 0.2) is 0 Å². The maximum absolute atomic E-state index is 15.1. The summed E-state index contributed by atoms with van der Waals surface area (Å²) < 4.78 is 15.1. The average molecular weight is 321 g/mol. The van der Waals surface area contributed by atoms with Gasteiger partial charge < -0.3 is 0 Å². The molecule has 23 heavy (non-hydrogen) atoms. The molecule has 0 heterocycles. The van der Waals surface area contributed by atoms with E-state index in [0.29, 0.717) is 11.3 Å². The van der Waals surface area contributed by atoms with Crippen molar-refractivity contribution in [2.75, 3.05) is 0 Å². The van der Waals surface area contributed by atoms with Crippen molar-refractivity contribution in [3.63, 3.8) is 0 Å². The van der Waals surface area contributed by atoms with Gasteiger partial charge in [0.25, 0.3) is 0 Å². The lowest BCUT2D eigenvalue weighted by Crippen LogP contribution is -2.57. The fraction of sp³-hybridized carbons (Fsp3) is 1.00. The molecule has 0 aromatic carbocycles. The molecule has 0 nitrogen and oxygen atoms in total. The smallest absolute Gasteiger partial charge is 0.108 e. The molecule has 0 aromatic heterocycles. The maximum atomic E-state index is 15.1. The maximum Gasteiger partial charge on any atom is 0.108 e. The fourth-order valence-corrected chi connectivity index (χ4v) is 7.95. The molecule has 0 aromatic rings. The Kier molecular flexibility index (Phi) is 3.90. The number of hydrogen-bond donors (Lipinski definition) is 0. The first kappa shape index (κ1) is 16.4. The van der Waals surface area contributed by atoms with Gasteiger partial charge in [-0.15, -0.1) is 0 Å². The molecule has 0 aliphatic heterocycles. The minimum Gasteiger partial charge on any atom is -0.247 e. The summed E-state index contributed by atoms with van der Waals surface area (Å²) in [6.45, 7) is 9.55. The first-order valence-corrected chi connectivity index (χ1v) is 10.5. The normalized spacial score (nSPS) is 59.6. The number of hydrogen-bond acceptors (Lipinski definition) is 0.